The van der Waals surface area contributed by atoms with Crippen molar-refractivity contribution >= 4 is 23.1 Å². The Hall–Kier alpha value is -2.93. The van der Waals surface area contributed by atoms with Crippen molar-refractivity contribution in [3.63, 3.8) is 0 Å². The standard InChI is InChI=1S/C17H16N4O2S/c1-23-12-5-2-4-11(8-12)17-21-10-13(24-17)9-20-16-14(15(18)22)6-3-7-19-16/h2-8,10H,9H2,1H3,(H2,18,22)(H,19,20). The summed E-state index contributed by atoms with van der Waals surface area (Å²) >= 11 is 1.57. The first-order valence-electron chi connectivity index (χ1n) is 7.25. The van der Waals surface area contributed by atoms with E-state index in [4.69, 9.17) is 10.5 Å². The Kier molecular flexibility index (Phi) is 4.72. The molecule has 0 aliphatic rings. The molecule has 7 heteroatoms. The molecule has 0 unspecified atom stereocenters. The van der Waals surface area contributed by atoms with Crippen LogP contribution in [0.25, 0.3) is 10.6 Å². The molecule has 0 fully saturated rings. The second-order valence-corrected chi connectivity index (χ2v) is 6.10. The second kappa shape index (κ2) is 7.10. The molecule has 6 nitrogen and oxygen atoms in total. The Morgan fingerprint density at radius 2 is 2.17 bits per heavy atom. The average Bonchev–Trinajstić information content (AvgIpc) is 3.09. The van der Waals surface area contributed by atoms with Gasteiger partial charge in [-0.05, 0) is 24.3 Å². The number of ether oxygens (including phenoxy) is 1. The van der Waals surface area contributed by atoms with Gasteiger partial charge in [-0.3, -0.25) is 4.79 Å². The van der Waals surface area contributed by atoms with Gasteiger partial charge in [0.1, 0.15) is 16.6 Å². The normalized spacial score (nSPS) is 10.4. The van der Waals surface area contributed by atoms with Crippen LogP contribution in [0.15, 0.2) is 48.8 Å². The van der Waals surface area contributed by atoms with E-state index in [0.717, 1.165) is 21.2 Å². The van der Waals surface area contributed by atoms with Crippen molar-refractivity contribution in [1.82, 2.24) is 9.97 Å². The van der Waals surface area contributed by atoms with Gasteiger partial charge in [0.2, 0.25) is 0 Å². The summed E-state index contributed by atoms with van der Waals surface area (Å²) in [5.41, 5.74) is 6.72. The molecule has 0 atom stereocenters. The molecule has 24 heavy (non-hydrogen) atoms. The van der Waals surface area contributed by atoms with Gasteiger partial charge >= 0.3 is 0 Å². The van der Waals surface area contributed by atoms with Crippen molar-refractivity contribution < 1.29 is 9.53 Å². The maximum Gasteiger partial charge on any atom is 0.252 e. The minimum atomic E-state index is -0.507. The number of nitrogens with one attached hydrogen (secondary N) is 1. The van der Waals surface area contributed by atoms with E-state index in [0.29, 0.717) is 17.9 Å². The summed E-state index contributed by atoms with van der Waals surface area (Å²) in [4.78, 5) is 21.0. The molecule has 0 radical (unpaired) electrons. The molecule has 0 saturated heterocycles. The highest BCUT2D eigenvalue weighted by Crippen LogP contribution is 2.28. The van der Waals surface area contributed by atoms with Gasteiger partial charge in [0.05, 0.1) is 19.2 Å². The number of carbonyl (C=O) groups excluding carboxylic acids is 1. The number of rotatable bonds is 6. The SMILES string of the molecule is COc1cccc(-c2ncc(CNc3ncccc3C(N)=O)s2)c1. The minimum absolute atomic E-state index is 0.370. The molecular formula is C17H16N4O2S. The zero-order valence-electron chi connectivity index (χ0n) is 13.0. The van der Waals surface area contributed by atoms with Crippen molar-refractivity contribution in [2.45, 2.75) is 6.54 Å². The topological polar surface area (TPSA) is 90.1 Å². The number of nitrogens with two attached hydrogens (primary N) is 1. The van der Waals surface area contributed by atoms with Crippen LogP contribution < -0.4 is 15.8 Å². The molecular weight excluding hydrogens is 324 g/mol. The molecule has 3 N–H and O–H groups in total. The third kappa shape index (κ3) is 3.52. The number of carbonyl (C=O) groups is 1. The van der Waals surface area contributed by atoms with Crippen LogP contribution in [0.3, 0.4) is 0 Å². The molecule has 2 heterocycles. The number of thiazole rings is 1. The third-order valence-corrected chi connectivity index (χ3v) is 4.42. The van der Waals surface area contributed by atoms with Gasteiger partial charge in [-0.15, -0.1) is 11.3 Å². The fourth-order valence-corrected chi connectivity index (χ4v) is 3.04. The van der Waals surface area contributed by atoms with Crippen LogP contribution >= 0.6 is 11.3 Å². The summed E-state index contributed by atoms with van der Waals surface area (Å²) < 4.78 is 5.24. The van der Waals surface area contributed by atoms with E-state index in [2.05, 4.69) is 15.3 Å². The van der Waals surface area contributed by atoms with Gasteiger partial charge in [-0.2, -0.15) is 0 Å². The zero-order valence-corrected chi connectivity index (χ0v) is 13.8. The summed E-state index contributed by atoms with van der Waals surface area (Å²) in [7, 11) is 1.64. The molecule has 3 rings (SSSR count). The molecule has 0 saturated carbocycles. The van der Waals surface area contributed by atoms with Crippen LogP contribution in [0.1, 0.15) is 15.2 Å². The van der Waals surface area contributed by atoms with Crippen molar-refractivity contribution in [1.29, 1.82) is 0 Å². The fraction of sp³-hybridized carbons (Fsp3) is 0.118. The predicted molar refractivity (Wildman–Crippen MR) is 94.2 cm³/mol. The monoisotopic (exact) mass is 340 g/mol. The minimum Gasteiger partial charge on any atom is -0.497 e. The first-order chi connectivity index (χ1) is 11.7. The quantitative estimate of drug-likeness (QED) is 0.720. The number of amides is 1. The molecule has 0 spiro atoms. The number of hydrogen-bond acceptors (Lipinski definition) is 6. The van der Waals surface area contributed by atoms with Gasteiger partial charge in [0, 0.05) is 22.8 Å². The van der Waals surface area contributed by atoms with Crippen molar-refractivity contribution in [3.05, 3.63) is 59.2 Å². The maximum atomic E-state index is 11.4. The number of primary amides is 1. The molecule has 0 aliphatic heterocycles. The van der Waals surface area contributed by atoms with E-state index in [-0.39, 0.29) is 0 Å². The van der Waals surface area contributed by atoms with Crippen molar-refractivity contribution in [2.24, 2.45) is 5.73 Å². The lowest BCUT2D eigenvalue weighted by Gasteiger charge is -2.06. The Balaban J connectivity index is 1.74. The first kappa shape index (κ1) is 15.9. The number of anilines is 1. The van der Waals surface area contributed by atoms with E-state index in [1.54, 1.807) is 43.0 Å². The lowest BCUT2D eigenvalue weighted by atomic mass is 10.2. The molecule has 122 valence electrons. The Bertz CT molecular complexity index is 863. The molecule has 0 bridgehead atoms. The van der Waals surface area contributed by atoms with E-state index < -0.39 is 5.91 Å². The maximum absolute atomic E-state index is 11.4. The highest BCUT2D eigenvalue weighted by molar-refractivity contribution is 7.15. The zero-order chi connectivity index (χ0) is 16.9. The number of pyridine rings is 1. The predicted octanol–water partition coefficient (Wildman–Crippen LogP) is 2.92. The molecule has 1 amide bonds. The molecule has 3 aromatic rings. The molecule has 2 aromatic heterocycles. The summed E-state index contributed by atoms with van der Waals surface area (Å²) in [5.74, 6) is 0.760. The fourth-order valence-electron chi connectivity index (χ4n) is 2.19. The summed E-state index contributed by atoms with van der Waals surface area (Å²) in [6, 6.07) is 11.1. The third-order valence-electron chi connectivity index (χ3n) is 3.37. The summed E-state index contributed by atoms with van der Waals surface area (Å²) in [6.45, 7) is 0.513. The van der Waals surface area contributed by atoms with Crippen LogP contribution in [0.5, 0.6) is 5.75 Å². The number of aromatic nitrogens is 2. The number of hydrogen-bond donors (Lipinski definition) is 2. The Morgan fingerprint density at radius 3 is 2.96 bits per heavy atom. The summed E-state index contributed by atoms with van der Waals surface area (Å²) in [6.07, 6.45) is 3.42. The molecule has 1 aromatic carbocycles. The van der Waals surface area contributed by atoms with Gasteiger partial charge < -0.3 is 15.8 Å². The second-order valence-electron chi connectivity index (χ2n) is 4.98. The van der Waals surface area contributed by atoms with Gasteiger partial charge in [0.15, 0.2) is 0 Å². The van der Waals surface area contributed by atoms with E-state index >= 15 is 0 Å². The van der Waals surface area contributed by atoms with Crippen LogP contribution in [0.2, 0.25) is 0 Å². The Labute approximate surface area is 143 Å². The van der Waals surface area contributed by atoms with Crippen molar-refractivity contribution in [2.75, 3.05) is 12.4 Å². The number of benzene rings is 1. The van der Waals surface area contributed by atoms with E-state index in [1.165, 1.54) is 0 Å². The van der Waals surface area contributed by atoms with Gasteiger partial charge in [-0.1, -0.05) is 12.1 Å². The smallest absolute Gasteiger partial charge is 0.252 e. The van der Waals surface area contributed by atoms with Crippen molar-refractivity contribution in [3.8, 4) is 16.3 Å². The van der Waals surface area contributed by atoms with Crippen LogP contribution in [-0.2, 0) is 6.54 Å². The summed E-state index contributed by atoms with van der Waals surface area (Å²) in [5, 5.41) is 4.04. The molecule has 0 aliphatic carbocycles. The highest BCUT2D eigenvalue weighted by atomic mass is 32.1. The number of nitrogens with zero attached hydrogens (tertiary/aromatic N) is 2. The Morgan fingerprint density at radius 1 is 1.29 bits per heavy atom. The van der Waals surface area contributed by atoms with E-state index in [1.807, 2.05) is 24.3 Å². The van der Waals surface area contributed by atoms with Crippen LogP contribution in [0.4, 0.5) is 5.82 Å². The largest absolute Gasteiger partial charge is 0.497 e. The lowest BCUT2D eigenvalue weighted by molar-refractivity contribution is 0.100. The van der Waals surface area contributed by atoms with Crippen LogP contribution in [-0.4, -0.2) is 23.0 Å². The average molecular weight is 340 g/mol. The highest BCUT2D eigenvalue weighted by Gasteiger charge is 2.10. The lowest BCUT2D eigenvalue weighted by Crippen LogP contribution is -2.15. The van der Waals surface area contributed by atoms with Crippen LogP contribution in [0, 0.1) is 0 Å². The first-order valence-corrected chi connectivity index (χ1v) is 8.07. The number of methoxy groups -OCH3 is 1. The van der Waals surface area contributed by atoms with E-state index in [9.17, 15) is 4.79 Å². The van der Waals surface area contributed by atoms with Gasteiger partial charge in [0.25, 0.3) is 5.91 Å². The van der Waals surface area contributed by atoms with Gasteiger partial charge in [-0.25, -0.2) is 9.97 Å².